The maximum atomic E-state index is 11.8. The van der Waals surface area contributed by atoms with Crippen LogP contribution in [0.25, 0.3) is 0 Å². The van der Waals surface area contributed by atoms with Gasteiger partial charge >= 0.3 is 11.9 Å². The fraction of sp³-hybridized carbons (Fsp3) is 0.650. The molecule has 0 fully saturated rings. The Morgan fingerprint density at radius 2 is 0.864 bits per heavy atom. The minimum atomic E-state index is -0.681. The van der Waals surface area contributed by atoms with Gasteiger partial charge in [0.05, 0.1) is 5.92 Å². The molecule has 0 saturated heterocycles. The average molecular weight is 607 g/mol. The molecule has 4 unspecified atom stereocenters. The summed E-state index contributed by atoms with van der Waals surface area (Å²) in [6.07, 6.45) is 23.4. The van der Waals surface area contributed by atoms with Crippen molar-refractivity contribution in [1.82, 2.24) is 0 Å². The maximum absolute atomic E-state index is 11.8. The van der Waals surface area contributed by atoms with Crippen molar-refractivity contribution in [1.29, 1.82) is 0 Å². The van der Waals surface area contributed by atoms with Gasteiger partial charge in [0.2, 0.25) is 0 Å². The molecular weight excluding hydrogens is 544 g/mol. The van der Waals surface area contributed by atoms with Crippen molar-refractivity contribution < 1.29 is 19.8 Å². The summed E-state index contributed by atoms with van der Waals surface area (Å²) in [6.45, 7) is 4.31. The molecule has 0 bridgehead atoms. The molecule has 4 nitrogen and oxygen atoms in total. The maximum Gasteiger partial charge on any atom is 0.307 e. The Bertz CT molecular complexity index is 989. The second-order valence-corrected chi connectivity index (χ2v) is 13.3. The standard InChI is InChI=1S/C40H62O4/c1-33(35-25-20-17-21-26-35)37(31-32-39(41)42)29-19-15-13-11-9-7-5-3-4-6-8-10-12-14-16-24-30-38(40(43)44)34(2)36-27-22-18-23-28-36/h17-18,20-23,25-28,33-34,37-38H,3-16,19,24,29-32H2,1-2H3,(H,41,42)(H,43,44). The number of benzene rings is 2. The van der Waals surface area contributed by atoms with Crippen LogP contribution in [-0.4, -0.2) is 22.2 Å². The van der Waals surface area contributed by atoms with Gasteiger partial charge in [-0.25, -0.2) is 0 Å². The van der Waals surface area contributed by atoms with Crippen molar-refractivity contribution >= 4 is 11.9 Å². The summed E-state index contributed by atoms with van der Waals surface area (Å²) in [5.74, 6) is -0.719. The molecule has 246 valence electrons. The number of hydrogen-bond donors (Lipinski definition) is 2. The third kappa shape index (κ3) is 16.5. The predicted molar refractivity (Wildman–Crippen MR) is 184 cm³/mol. The number of carboxylic acids is 2. The van der Waals surface area contributed by atoms with Crippen molar-refractivity contribution in [2.75, 3.05) is 0 Å². The van der Waals surface area contributed by atoms with Gasteiger partial charge in [-0.15, -0.1) is 0 Å². The van der Waals surface area contributed by atoms with Crippen LogP contribution < -0.4 is 0 Å². The molecule has 2 aromatic carbocycles. The Balaban J connectivity index is 1.40. The number of unbranched alkanes of at least 4 members (excludes halogenated alkanes) is 15. The average Bonchev–Trinajstić information content (AvgIpc) is 3.03. The van der Waals surface area contributed by atoms with Gasteiger partial charge in [-0.3, -0.25) is 9.59 Å². The Morgan fingerprint density at radius 3 is 1.25 bits per heavy atom. The van der Waals surface area contributed by atoms with Crippen LogP contribution in [0.1, 0.15) is 165 Å². The molecule has 0 radical (unpaired) electrons. The van der Waals surface area contributed by atoms with E-state index in [2.05, 4.69) is 31.2 Å². The molecule has 2 rings (SSSR count). The van der Waals surface area contributed by atoms with Crippen molar-refractivity contribution in [2.24, 2.45) is 11.8 Å². The highest BCUT2D eigenvalue weighted by Gasteiger charge is 2.25. The predicted octanol–water partition coefficient (Wildman–Crippen LogP) is 11.8. The van der Waals surface area contributed by atoms with Gasteiger partial charge in [0.15, 0.2) is 0 Å². The van der Waals surface area contributed by atoms with Gasteiger partial charge in [0.25, 0.3) is 0 Å². The van der Waals surface area contributed by atoms with Crippen molar-refractivity contribution in [3.63, 3.8) is 0 Å². The number of carbonyl (C=O) groups is 2. The molecule has 44 heavy (non-hydrogen) atoms. The van der Waals surface area contributed by atoms with Gasteiger partial charge < -0.3 is 10.2 Å². The van der Waals surface area contributed by atoms with Crippen LogP contribution in [0, 0.1) is 11.8 Å². The minimum Gasteiger partial charge on any atom is -0.481 e. The van der Waals surface area contributed by atoms with Crippen LogP contribution in [-0.2, 0) is 9.59 Å². The van der Waals surface area contributed by atoms with E-state index in [9.17, 15) is 19.8 Å². The molecule has 0 aromatic heterocycles. The van der Waals surface area contributed by atoms with E-state index in [1.165, 1.54) is 95.5 Å². The number of carboxylic acid groups (broad SMARTS) is 2. The van der Waals surface area contributed by atoms with Crippen LogP contribution in [0.3, 0.4) is 0 Å². The fourth-order valence-electron chi connectivity index (χ4n) is 6.80. The second-order valence-electron chi connectivity index (χ2n) is 13.3. The lowest BCUT2D eigenvalue weighted by Gasteiger charge is -2.24. The largest absolute Gasteiger partial charge is 0.481 e. The van der Waals surface area contributed by atoms with Gasteiger partial charge in [-0.1, -0.05) is 177 Å². The van der Waals surface area contributed by atoms with Crippen LogP contribution in [0.5, 0.6) is 0 Å². The van der Waals surface area contributed by atoms with Gasteiger partial charge in [-0.05, 0) is 48.1 Å². The molecule has 2 aromatic rings. The molecule has 0 spiro atoms. The first-order chi connectivity index (χ1) is 21.4. The summed E-state index contributed by atoms with van der Waals surface area (Å²) in [5.41, 5.74) is 2.46. The molecule has 0 aliphatic heterocycles. The third-order valence-electron chi connectivity index (χ3n) is 9.85. The van der Waals surface area contributed by atoms with E-state index in [1.807, 2.05) is 43.3 Å². The van der Waals surface area contributed by atoms with Gasteiger partial charge in [0.1, 0.15) is 0 Å². The lowest BCUT2D eigenvalue weighted by Crippen LogP contribution is -2.20. The Kier molecular flexibility index (Phi) is 20.3. The third-order valence-corrected chi connectivity index (χ3v) is 9.85. The minimum absolute atomic E-state index is 0.0595. The SMILES string of the molecule is CC(c1ccccc1)C(CCCCCCCCCCCCCCCCCCC(C(=O)O)C(C)c1ccccc1)CCC(=O)O. The molecule has 0 aliphatic carbocycles. The topological polar surface area (TPSA) is 74.6 Å². The van der Waals surface area contributed by atoms with E-state index < -0.39 is 11.9 Å². The molecule has 0 saturated carbocycles. The van der Waals surface area contributed by atoms with E-state index in [0.29, 0.717) is 11.8 Å². The summed E-state index contributed by atoms with van der Waals surface area (Å²) in [5, 5.41) is 18.9. The molecular formula is C40H62O4. The zero-order chi connectivity index (χ0) is 31.8. The summed E-state index contributed by atoms with van der Waals surface area (Å²) < 4.78 is 0. The molecule has 4 atom stereocenters. The van der Waals surface area contributed by atoms with Crippen LogP contribution in [0.2, 0.25) is 0 Å². The quantitative estimate of drug-likeness (QED) is 0.0992. The highest BCUT2D eigenvalue weighted by molar-refractivity contribution is 5.71. The second kappa shape index (κ2) is 23.7. The molecule has 2 N–H and O–H groups in total. The Hall–Kier alpha value is -2.62. The summed E-state index contributed by atoms with van der Waals surface area (Å²) in [7, 11) is 0. The zero-order valence-electron chi connectivity index (χ0n) is 27.9. The van der Waals surface area contributed by atoms with E-state index in [0.717, 1.165) is 37.7 Å². The van der Waals surface area contributed by atoms with Crippen LogP contribution >= 0.6 is 0 Å². The smallest absolute Gasteiger partial charge is 0.307 e. The van der Waals surface area contributed by atoms with Crippen molar-refractivity contribution in [3.8, 4) is 0 Å². The number of rotatable bonds is 27. The highest BCUT2D eigenvalue weighted by Crippen LogP contribution is 2.32. The van der Waals surface area contributed by atoms with E-state index in [4.69, 9.17) is 0 Å². The van der Waals surface area contributed by atoms with Gasteiger partial charge in [-0.2, -0.15) is 0 Å². The first-order valence-electron chi connectivity index (χ1n) is 17.9. The van der Waals surface area contributed by atoms with Crippen LogP contribution in [0.15, 0.2) is 60.7 Å². The molecule has 0 amide bonds. The lowest BCUT2D eigenvalue weighted by molar-refractivity contribution is -0.142. The summed E-state index contributed by atoms with van der Waals surface area (Å²) >= 11 is 0. The highest BCUT2D eigenvalue weighted by atomic mass is 16.4. The zero-order valence-corrected chi connectivity index (χ0v) is 27.9. The first-order valence-corrected chi connectivity index (χ1v) is 17.9. The first kappa shape index (κ1) is 37.6. The number of hydrogen-bond acceptors (Lipinski definition) is 2. The van der Waals surface area contributed by atoms with E-state index in [-0.39, 0.29) is 18.3 Å². The number of aliphatic carboxylic acids is 2. The normalized spacial score (nSPS) is 14.1. The summed E-state index contributed by atoms with van der Waals surface area (Å²) in [6, 6.07) is 20.6. The van der Waals surface area contributed by atoms with Crippen molar-refractivity contribution in [3.05, 3.63) is 71.8 Å². The Morgan fingerprint density at radius 1 is 0.500 bits per heavy atom. The van der Waals surface area contributed by atoms with Crippen molar-refractivity contribution in [2.45, 2.75) is 154 Å². The van der Waals surface area contributed by atoms with E-state index >= 15 is 0 Å². The van der Waals surface area contributed by atoms with Gasteiger partial charge in [0, 0.05) is 6.42 Å². The Labute approximate surface area is 269 Å². The summed E-state index contributed by atoms with van der Waals surface area (Å²) in [4.78, 5) is 23.0. The fourth-order valence-corrected chi connectivity index (χ4v) is 6.80. The lowest BCUT2D eigenvalue weighted by atomic mass is 9.81. The molecule has 0 heterocycles. The molecule has 4 heteroatoms. The molecule has 0 aliphatic rings. The van der Waals surface area contributed by atoms with Crippen LogP contribution in [0.4, 0.5) is 0 Å². The van der Waals surface area contributed by atoms with E-state index in [1.54, 1.807) is 0 Å². The monoisotopic (exact) mass is 606 g/mol.